The van der Waals surface area contributed by atoms with Crippen molar-refractivity contribution in [3.05, 3.63) is 54.1 Å². The van der Waals surface area contributed by atoms with Crippen molar-refractivity contribution in [2.45, 2.75) is 36.2 Å². The van der Waals surface area contributed by atoms with E-state index in [0.717, 1.165) is 10.5 Å². The summed E-state index contributed by atoms with van der Waals surface area (Å²) in [6.07, 6.45) is 0. The Bertz CT molecular complexity index is 1110. The zero-order chi connectivity index (χ0) is 23.3. The maximum atomic E-state index is 12.5. The van der Waals surface area contributed by atoms with Crippen LogP contribution in [0.15, 0.2) is 58.6 Å². The van der Waals surface area contributed by atoms with Gasteiger partial charge in [-0.25, -0.2) is 4.68 Å². The Kier molecular flexibility index (Phi) is 7.47. The lowest BCUT2D eigenvalue weighted by Gasteiger charge is -2.19. The fourth-order valence-electron chi connectivity index (χ4n) is 2.85. The zero-order valence-electron chi connectivity index (χ0n) is 18.2. The largest absolute Gasteiger partial charge is 0.369 e. The molecule has 0 bridgehead atoms. The average molecular weight is 471 g/mol. The second-order valence-electron chi connectivity index (χ2n) is 8.09. The number of nitrogen functional groups attached to an aromatic ring is 1. The number of para-hydroxylation sites is 1. The van der Waals surface area contributed by atoms with Crippen molar-refractivity contribution >= 4 is 41.0 Å². The number of hydrogen-bond donors (Lipinski definition) is 3. The Hall–Kier alpha value is -2.98. The third-order valence-electron chi connectivity index (χ3n) is 4.54. The summed E-state index contributed by atoms with van der Waals surface area (Å²) in [6, 6.07) is 15.3. The molecule has 8 nitrogen and oxygen atoms in total. The topological polar surface area (TPSA) is 129 Å². The molecule has 0 aliphatic carbocycles. The molecule has 10 heteroatoms. The van der Waals surface area contributed by atoms with Gasteiger partial charge in [-0.1, -0.05) is 68.9 Å². The van der Waals surface area contributed by atoms with E-state index in [1.165, 1.54) is 33.8 Å². The van der Waals surface area contributed by atoms with E-state index < -0.39 is 5.91 Å². The number of nitrogens with one attached hydrogen (secondary N) is 1. The highest BCUT2D eigenvalue weighted by molar-refractivity contribution is 8.00. The molecule has 0 aliphatic heterocycles. The van der Waals surface area contributed by atoms with Gasteiger partial charge in [0.05, 0.1) is 17.2 Å². The summed E-state index contributed by atoms with van der Waals surface area (Å²) >= 11 is 2.47. The van der Waals surface area contributed by atoms with Gasteiger partial charge in [-0.15, -0.1) is 22.0 Å². The van der Waals surface area contributed by atoms with Gasteiger partial charge >= 0.3 is 0 Å². The molecule has 0 spiro atoms. The highest BCUT2D eigenvalue weighted by Crippen LogP contribution is 2.28. The molecule has 0 atom stereocenters. The minimum Gasteiger partial charge on any atom is -0.369 e. The lowest BCUT2D eigenvalue weighted by Crippen LogP contribution is -2.17. The average Bonchev–Trinajstić information content (AvgIpc) is 3.11. The lowest BCUT2D eigenvalue weighted by molar-refractivity contribution is -0.115. The standard InChI is InChI=1S/C22H26N6O2S2/c1-22(2,3)15-10-8-14(9-11-15)20-26-27-21(28(20)24)32-13-19(30)25-16-6-4-5-7-17(16)31-12-18(23)29/h4-11H,12-13,24H2,1-3H3,(H2,23,29)(H,25,30). The highest BCUT2D eigenvalue weighted by Gasteiger charge is 2.17. The lowest BCUT2D eigenvalue weighted by atomic mass is 9.87. The fourth-order valence-corrected chi connectivity index (χ4v) is 4.26. The molecule has 3 rings (SSSR count). The third-order valence-corrected chi connectivity index (χ3v) is 6.58. The number of hydrogen-bond acceptors (Lipinski definition) is 7. The summed E-state index contributed by atoms with van der Waals surface area (Å²) in [5, 5.41) is 11.6. The Labute approximate surface area is 195 Å². The number of rotatable bonds is 8. The van der Waals surface area contributed by atoms with Crippen molar-refractivity contribution in [2.24, 2.45) is 5.73 Å². The van der Waals surface area contributed by atoms with E-state index in [-0.39, 0.29) is 22.8 Å². The van der Waals surface area contributed by atoms with Gasteiger partial charge in [0, 0.05) is 10.5 Å². The summed E-state index contributed by atoms with van der Waals surface area (Å²) < 4.78 is 1.39. The minimum atomic E-state index is -0.419. The first kappa shape index (κ1) is 23.7. The van der Waals surface area contributed by atoms with Crippen LogP contribution in [0.3, 0.4) is 0 Å². The van der Waals surface area contributed by atoms with Crippen LogP contribution in [-0.2, 0) is 15.0 Å². The maximum Gasteiger partial charge on any atom is 0.234 e. The molecule has 0 saturated carbocycles. The number of amides is 2. The number of primary amides is 1. The van der Waals surface area contributed by atoms with E-state index in [9.17, 15) is 9.59 Å². The molecule has 2 aromatic carbocycles. The maximum absolute atomic E-state index is 12.5. The van der Waals surface area contributed by atoms with Crippen LogP contribution < -0.4 is 16.9 Å². The van der Waals surface area contributed by atoms with Crippen molar-refractivity contribution in [1.29, 1.82) is 0 Å². The number of carbonyl (C=O) groups is 2. The van der Waals surface area contributed by atoms with Gasteiger partial charge in [0.2, 0.25) is 17.0 Å². The van der Waals surface area contributed by atoms with Gasteiger partial charge in [0.15, 0.2) is 5.82 Å². The molecule has 2 amide bonds. The van der Waals surface area contributed by atoms with Gasteiger partial charge in [-0.05, 0) is 23.1 Å². The van der Waals surface area contributed by atoms with Gasteiger partial charge in [-0.2, -0.15) is 0 Å². The minimum absolute atomic E-state index is 0.0558. The molecule has 3 aromatic rings. The number of nitrogens with zero attached hydrogens (tertiary/aromatic N) is 3. The molecule has 5 N–H and O–H groups in total. The Balaban J connectivity index is 1.63. The Morgan fingerprint density at radius 2 is 1.69 bits per heavy atom. The predicted octanol–water partition coefficient (Wildman–Crippen LogP) is 3.26. The SMILES string of the molecule is CC(C)(C)c1ccc(-c2nnc(SCC(=O)Nc3ccccc3SCC(N)=O)n2N)cc1. The summed E-state index contributed by atoms with van der Waals surface area (Å²) in [4.78, 5) is 24.3. The Morgan fingerprint density at radius 1 is 1.00 bits per heavy atom. The van der Waals surface area contributed by atoms with Gasteiger partial charge < -0.3 is 16.9 Å². The van der Waals surface area contributed by atoms with E-state index >= 15 is 0 Å². The first-order chi connectivity index (χ1) is 15.1. The smallest absolute Gasteiger partial charge is 0.234 e. The summed E-state index contributed by atoms with van der Waals surface area (Å²) in [6.45, 7) is 6.46. The van der Waals surface area contributed by atoms with E-state index in [1.54, 1.807) is 6.07 Å². The van der Waals surface area contributed by atoms with Crippen LogP contribution in [0.1, 0.15) is 26.3 Å². The zero-order valence-corrected chi connectivity index (χ0v) is 19.8. The fraction of sp³-hybridized carbons (Fsp3) is 0.273. The number of anilines is 1. The quantitative estimate of drug-likeness (QED) is 0.340. The molecule has 32 heavy (non-hydrogen) atoms. The van der Waals surface area contributed by atoms with E-state index in [4.69, 9.17) is 11.6 Å². The van der Waals surface area contributed by atoms with E-state index in [1.807, 2.05) is 30.3 Å². The van der Waals surface area contributed by atoms with Crippen molar-refractivity contribution in [3.63, 3.8) is 0 Å². The van der Waals surface area contributed by atoms with Crippen molar-refractivity contribution in [3.8, 4) is 11.4 Å². The number of benzene rings is 2. The first-order valence-corrected chi connectivity index (χ1v) is 11.9. The molecule has 1 heterocycles. The van der Waals surface area contributed by atoms with E-state index in [2.05, 4.69) is 48.4 Å². The van der Waals surface area contributed by atoms with Crippen LogP contribution in [0.2, 0.25) is 0 Å². The van der Waals surface area contributed by atoms with Crippen LogP contribution in [-0.4, -0.2) is 38.2 Å². The van der Waals surface area contributed by atoms with Gasteiger partial charge in [0.25, 0.3) is 0 Å². The van der Waals surface area contributed by atoms with E-state index in [0.29, 0.717) is 16.7 Å². The molecule has 1 aromatic heterocycles. The van der Waals surface area contributed by atoms with Crippen LogP contribution in [0.5, 0.6) is 0 Å². The first-order valence-electron chi connectivity index (χ1n) is 9.89. The number of thioether (sulfide) groups is 2. The van der Waals surface area contributed by atoms with Crippen LogP contribution >= 0.6 is 23.5 Å². The molecular formula is C22H26N6O2S2. The predicted molar refractivity (Wildman–Crippen MR) is 130 cm³/mol. The summed E-state index contributed by atoms with van der Waals surface area (Å²) in [5.41, 5.74) is 7.95. The monoisotopic (exact) mass is 470 g/mol. The number of aromatic nitrogens is 3. The van der Waals surface area contributed by atoms with Crippen molar-refractivity contribution < 1.29 is 9.59 Å². The number of nitrogens with two attached hydrogens (primary N) is 2. The third kappa shape index (κ3) is 6.04. The van der Waals surface area contributed by atoms with Crippen LogP contribution in [0, 0.1) is 0 Å². The molecule has 0 aliphatic rings. The van der Waals surface area contributed by atoms with Crippen LogP contribution in [0.25, 0.3) is 11.4 Å². The van der Waals surface area contributed by atoms with Crippen molar-refractivity contribution in [1.82, 2.24) is 14.9 Å². The summed E-state index contributed by atoms with van der Waals surface area (Å²) in [5.74, 6) is 6.31. The molecule has 0 fully saturated rings. The second kappa shape index (κ2) is 10.1. The second-order valence-corrected chi connectivity index (χ2v) is 10.1. The van der Waals surface area contributed by atoms with Gasteiger partial charge in [-0.3, -0.25) is 9.59 Å². The van der Waals surface area contributed by atoms with Crippen molar-refractivity contribution in [2.75, 3.05) is 22.7 Å². The van der Waals surface area contributed by atoms with Crippen LogP contribution in [0.4, 0.5) is 5.69 Å². The highest BCUT2D eigenvalue weighted by atomic mass is 32.2. The summed E-state index contributed by atoms with van der Waals surface area (Å²) in [7, 11) is 0. The Morgan fingerprint density at radius 3 is 2.34 bits per heavy atom. The molecular weight excluding hydrogens is 444 g/mol. The number of carbonyl (C=O) groups excluding carboxylic acids is 2. The molecule has 168 valence electrons. The molecule has 0 saturated heterocycles. The molecule has 0 unspecified atom stereocenters. The molecule has 0 radical (unpaired) electrons. The van der Waals surface area contributed by atoms with Gasteiger partial charge in [0.1, 0.15) is 0 Å². The normalized spacial score (nSPS) is 11.3.